The van der Waals surface area contributed by atoms with Gasteiger partial charge in [0, 0.05) is 0 Å². The Morgan fingerprint density at radius 1 is 1.67 bits per heavy atom. The van der Waals surface area contributed by atoms with Gasteiger partial charge in [0.1, 0.15) is 0 Å². The molecule has 35 valence electrons. The van der Waals surface area contributed by atoms with Crippen molar-refractivity contribution in [3.63, 3.8) is 0 Å². The summed E-state index contributed by atoms with van der Waals surface area (Å²) in [6.45, 7) is 3.81. The van der Waals surface area contributed by atoms with Gasteiger partial charge in [-0.3, -0.25) is 0 Å². The van der Waals surface area contributed by atoms with E-state index < -0.39 is 0 Å². The molecule has 0 heterocycles. The van der Waals surface area contributed by atoms with Gasteiger partial charge in [-0.15, -0.1) is 0 Å². The van der Waals surface area contributed by atoms with E-state index in [9.17, 15) is 0 Å². The molecule has 0 saturated heterocycles. The molecule has 6 heavy (non-hydrogen) atoms. The van der Waals surface area contributed by atoms with Gasteiger partial charge in [0.05, 0.1) is 3.23 Å². The summed E-state index contributed by atoms with van der Waals surface area (Å²) in [5.74, 6) is 0.581. The van der Waals surface area contributed by atoms with Crippen molar-refractivity contribution in [2.75, 3.05) is 0 Å². The van der Waals surface area contributed by atoms with Gasteiger partial charge in [-0.25, -0.2) is 0 Å². The van der Waals surface area contributed by atoms with Gasteiger partial charge < -0.3 is 0 Å². The lowest BCUT2D eigenvalue weighted by Crippen LogP contribution is -1.79. The van der Waals surface area contributed by atoms with E-state index in [2.05, 4.69) is 38.8 Å². The Hall–Kier alpha value is 0.960. The molecule has 1 fully saturated rings. The summed E-state index contributed by atoms with van der Waals surface area (Å²) >= 11 is 6.81. The molecule has 0 amide bonds. The second-order valence-electron chi connectivity index (χ2n) is 1.66. The monoisotopic (exact) mass is 211 g/mol. The Kier molecular flexibility index (Phi) is 1.04. The number of hydrogen-bond donors (Lipinski definition) is 0. The van der Waals surface area contributed by atoms with Gasteiger partial charge in [-0.2, -0.15) is 0 Å². The molecule has 1 unspecified atom stereocenters. The van der Waals surface area contributed by atoms with E-state index in [1.54, 1.807) is 0 Å². The van der Waals surface area contributed by atoms with Gasteiger partial charge in [-0.1, -0.05) is 31.9 Å². The second-order valence-corrected chi connectivity index (χ2v) is 5.56. The van der Waals surface area contributed by atoms with Crippen LogP contribution in [0.4, 0.5) is 0 Å². The third-order valence-electron chi connectivity index (χ3n) is 0.956. The SMILES string of the molecule is [CH2]C1CC1(Br)Br. The first-order valence-electron chi connectivity index (χ1n) is 1.84. The Labute approximate surface area is 54.6 Å². The standard InChI is InChI=1S/C4H5Br2/c1-3-2-4(3,5)6/h3H,1-2H2. The molecule has 1 rings (SSSR count). The molecule has 0 bridgehead atoms. The Morgan fingerprint density at radius 3 is 1.83 bits per heavy atom. The van der Waals surface area contributed by atoms with Crippen molar-refractivity contribution >= 4 is 31.9 Å². The summed E-state index contributed by atoms with van der Waals surface area (Å²) in [4.78, 5) is 0. The highest BCUT2D eigenvalue weighted by atomic mass is 79.9. The summed E-state index contributed by atoms with van der Waals surface area (Å²) in [7, 11) is 0. The molecule has 1 aliphatic carbocycles. The Bertz CT molecular complexity index is 67.9. The average Bonchev–Trinajstić information content (AvgIpc) is 1.73. The Balaban J connectivity index is 2.41. The van der Waals surface area contributed by atoms with Crippen LogP contribution in [0.25, 0.3) is 0 Å². The van der Waals surface area contributed by atoms with Crippen LogP contribution in [-0.2, 0) is 0 Å². The molecule has 0 spiro atoms. The van der Waals surface area contributed by atoms with Gasteiger partial charge >= 0.3 is 0 Å². The van der Waals surface area contributed by atoms with Crippen LogP contribution in [0.3, 0.4) is 0 Å². The van der Waals surface area contributed by atoms with E-state index in [0.717, 1.165) is 6.42 Å². The highest BCUT2D eigenvalue weighted by Gasteiger charge is 2.46. The largest absolute Gasteiger partial charge is 0.0837 e. The van der Waals surface area contributed by atoms with Crippen molar-refractivity contribution in [3.8, 4) is 0 Å². The van der Waals surface area contributed by atoms with Crippen molar-refractivity contribution < 1.29 is 0 Å². The van der Waals surface area contributed by atoms with Crippen LogP contribution in [0.1, 0.15) is 6.42 Å². The van der Waals surface area contributed by atoms with E-state index in [1.165, 1.54) is 0 Å². The lowest BCUT2D eigenvalue weighted by molar-refractivity contribution is 1.12. The van der Waals surface area contributed by atoms with Crippen LogP contribution in [-0.4, -0.2) is 3.23 Å². The highest BCUT2D eigenvalue weighted by molar-refractivity contribution is 9.25. The van der Waals surface area contributed by atoms with Crippen LogP contribution in [0.15, 0.2) is 0 Å². The quantitative estimate of drug-likeness (QED) is 0.541. The predicted octanol–water partition coefficient (Wildman–Crippen LogP) is 2.33. The second kappa shape index (κ2) is 1.22. The molecule has 0 aliphatic heterocycles. The zero-order valence-corrected chi connectivity index (χ0v) is 6.42. The summed E-state index contributed by atoms with van der Waals surface area (Å²) in [5.41, 5.74) is 0. The fourth-order valence-electron chi connectivity index (χ4n) is 0.270. The smallest absolute Gasteiger partial charge is 0.0724 e. The minimum absolute atomic E-state index is 0.222. The molecule has 0 N–H and O–H groups in total. The van der Waals surface area contributed by atoms with E-state index in [-0.39, 0.29) is 3.23 Å². The first-order chi connectivity index (χ1) is 2.63. The van der Waals surface area contributed by atoms with Crippen LogP contribution in [0, 0.1) is 12.8 Å². The molecule has 0 aromatic carbocycles. The molecule has 1 radical (unpaired) electrons. The zero-order valence-electron chi connectivity index (χ0n) is 3.25. The third kappa shape index (κ3) is 0.784. The van der Waals surface area contributed by atoms with Crippen LogP contribution < -0.4 is 0 Å². The first kappa shape index (κ1) is 5.10. The van der Waals surface area contributed by atoms with Crippen LogP contribution in [0.2, 0.25) is 0 Å². The summed E-state index contributed by atoms with van der Waals surface area (Å²) < 4.78 is 0.222. The van der Waals surface area contributed by atoms with Gasteiger partial charge in [-0.05, 0) is 19.3 Å². The van der Waals surface area contributed by atoms with E-state index in [1.807, 2.05) is 0 Å². The van der Waals surface area contributed by atoms with Crippen molar-refractivity contribution in [1.29, 1.82) is 0 Å². The molecule has 1 saturated carbocycles. The maximum absolute atomic E-state index is 3.81. The summed E-state index contributed by atoms with van der Waals surface area (Å²) in [5, 5.41) is 0. The summed E-state index contributed by atoms with van der Waals surface area (Å²) in [6.07, 6.45) is 1.16. The highest BCUT2D eigenvalue weighted by Crippen LogP contribution is 2.55. The van der Waals surface area contributed by atoms with Crippen LogP contribution >= 0.6 is 31.9 Å². The molecule has 0 aromatic rings. The van der Waals surface area contributed by atoms with Gasteiger partial charge in [0.25, 0.3) is 0 Å². The van der Waals surface area contributed by atoms with E-state index in [4.69, 9.17) is 0 Å². The maximum atomic E-state index is 3.81. The van der Waals surface area contributed by atoms with Gasteiger partial charge in [0.15, 0.2) is 0 Å². The minimum atomic E-state index is 0.222. The minimum Gasteiger partial charge on any atom is -0.0724 e. The van der Waals surface area contributed by atoms with Crippen molar-refractivity contribution in [1.82, 2.24) is 0 Å². The molecule has 0 aromatic heterocycles. The fraction of sp³-hybridized carbons (Fsp3) is 0.750. The first-order valence-corrected chi connectivity index (χ1v) is 3.42. The average molecular weight is 213 g/mol. The summed E-state index contributed by atoms with van der Waals surface area (Å²) in [6, 6.07) is 0. The predicted molar refractivity (Wildman–Crippen MR) is 34.0 cm³/mol. The lowest BCUT2D eigenvalue weighted by atomic mass is 10.5. The molecular weight excluding hydrogens is 208 g/mol. The third-order valence-corrected chi connectivity index (χ3v) is 2.90. The molecular formula is C4H5Br2. The van der Waals surface area contributed by atoms with E-state index >= 15 is 0 Å². The van der Waals surface area contributed by atoms with Crippen molar-refractivity contribution in [2.45, 2.75) is 9.65 Å². The molecule has 2 heteroatoms. The number of hydrogen-bond acceptors (Lipinski definition) is 0. The van der Waals surface area contributed by atoms with Crippen molar-refractivity contribution in [2.24, 2.45) is 5.92 Å². The number of alkyl halides is 2. The van der Waals surface area contributed by atoms with Crippen molar-refractivity contribution in [3.05, 3.63) is 6.92 Å². The topological polar surface area (TPSA) is 0 Å². The molecule has 0 nitrogen and oxygen atoms in total. The zero-order chi connectivity index (χ0) is 4.78. The number of halogens is 2. The molecule has 1 aliphatic rings. The maximum Gasteiger partial charge on any atom is 0.0837 e. The molecule has 1 atom stereocenters. The van der Waals surface area contributed by atoms with E-state index in [0.29, 0.717) is 5.92 Å². The van der Waals surface area contributed by atoms with Crippen LogP contribution in [0.5, 0.6) is 0 Å². The van der Waals surface area contributed by atoms with Gasteiger partial charge in [0.2, 0.25) is 0 Å². The lowest BCUT2D eigenvalue weighted by Gasteiger charge is -1.86. The fourth-order valence-corrected chi connectivity index (χ4v) is 1.05. The Morgan fingerprint density at radius 2 is 1.83 bits per heavy atom. The number of rotatable bonds is 0. The normalized spacial score (nSPS) is 39.5.